The highest BCUT2D eigenvalue weighted by atomic mass is 32.2. The monoisotopic (exact) mass is 336 g/mol. The number of rotatable bonds is 3. The molecule has 0 amide bonds. The van der Waals surface area contributed by atoms with Crippen LogP contribution in [0.5, 0.6) is 0 Å². The summed E-state index contributed by atoms with van der Waals surface area (Å²) in [4.78, 5) is 14.6. The fourth-order valence-corrected chi connectivity index (χ4v) is 9.04. The van der Waals surface area contributed by atoms with Crippen molar-refractivity contribution in [3.05, 3.63) is 22.3 Å². The number of carbonyl (C=O) groups excluding carboxylic acids is 1. The lowest BCUT2D eigenvalue weighted by Gasteiger charge is -2.41. The summed E-state index contributed by atoms with van der Waals surface area (Å²) in [7, 11) is -1.69. The van der Waals surface area contributed by atoms with Gasteiger partial charge in [0.25, 0.3) is 0 Å². The van der Waals surface area contributed by atoms with Crippen LogP contribution in [0.3, 0.4) is 0 Å². The fourth-order valence-electron chi connectivity index (χ4n) is 4.20. The number of carbonyl (C=O) groups is 1. The Bertz CT molecular complexity index is 552. The second kappa shape index (κ2) is 5.37. The Morgan fingerprint density at radius 1 is 1.36 bits per heavy atom. The number of hydrogen-bond donors (Lipinski definition) is 0. The van der Waals surface area contributed by atoms with E-state index in [-0.39, 0.29) is 16.4 Å². The number of Topliss-reactive ketones (excluding diaryl/α,β-unsaturated/α-hetero) is 1. The Morgan fingerprint density at radius 2 is 1.91 bits per heavy atom. The van der Waals surface area contributed by atoms with Crippen LogP contribution in [0.15, 0.2) is 22.3 Å². The van der Waals surface area contributed by atoms with Gasteiger partial charge in [-0.3, -0.25) is 4.79 Å². The molecule has 0 aromatic carbocycles. The van der Waals surface area contributed by atoms with Crippen molar-refractivity contribution < 1.29 is 4.79 Å². The largest absolute Gasteiger partial charge is 0.298 e. The van der Waals surface area contributed by atoms with E-state index in [2.05, 4.69) is 60.5 Å². The second-order valence-electron chi connectivity index (χ2n) is 9.05. The lowest BCUT2D eigenvalue weighted by Crippen LogP contribution is -2.44. The maximum atomic E-state index is 13.2. The molecule has 1 fully saturated rings. The van der Waals surface area contributed by atoms with Crippen LogP contribution in [-0.2, 0) is 4.79 Å². The second-order valence-corrected chi connectivity index (χ2v) is 15.2. The van der Waals surface area contributed by atoms with Crippen molar-refractivity contribution in [1.82, 2.24) is 0 Å². The number of hydrogen-bond acceptors (Lipinski definition) is 2. The zero-order valence-corrected chi connectivity index (χ0v) is 17.4. The predicted octanol–water partition coefficient (Wildman–Crippen LogP) is 5.84. The first-order chi connectivity index (χ1) is 9.88. The third-order valence-corrected chi connectivity index (χ3v) is 13.5. The fraction of sp³-hybridized carbons (Fsp3) is 0.737. The lowest BCUT2D eigenvalue weighted by molar-refractivity contribution is -0.130. The molecule has 0 unspecified atom stereocenters. The van der Waals surface area contributed by atoms with E-state index in [0.29, 0.717) is 11.7 Å². The molecule has 0 heterocycles. The summed E-state index contributed by atoms with van der Waals surface area (Å²) in [6.45, 7) is 20.5. The zero-order valence-electron chi connectivity index (χ0n) is 15.6. The molecule has 0 radical (unpaired) electrons. The third kappa shape index (κ3) is 2.39. The van der Waals surface area contributed by atoms with Crippen molar-refractivity contribution in [2.75, 3.05) is 6.26 Å². The van der Waals surface area contributed by atoms with Gasteiger partial charge in [-0.2, -0.15) is 0 Å². The molecule has 2 rings (SSSR count). The average Bonchev–Trinajstić information content (AvgIpc) is 2.51. The third-order valence-electron chi connectivity index (χ3n) is 6.58. The summed E-state index contributed by atoms with van der Waals surface area (Å²) in [5.41, 5.74) is 0.997. The molecular weight excluding hydrogens is 304 g/mol. The summed E-state index contributed by atoms with van der Waals surface area (Å²) in [6, 6.07) is 0. The number of thioether (sulfide) groups is 1. The minimum Gasteiger partial charge on any atom is -0.298 e. The van der Waals surface area contributed by atoms with Crippen molar-refractivity contribution in [1.29, 1.82) is 0 Å². The molecule has 0 saturated heterocycles. The maximum Gasteiger partial charge on any atom is 0.150 e. The SMILES string of the molecule is C=C(C)[C@@H]1C[C@@H]2C(=O)[C@](C)(C1)C(SC)=C2[Si](C)(C)C(C)(C)C. The molecule has 0 N–H and O–H groups in total. The van der Waals surface area contributed by atoms with Gasteiger partial charge in [-0.05, 0) is 48.8 Å². The summed E-state index contributed by atoms with van der Waals surface area (Å²) < 4.78 is 0. The molecular formula is C19H32OSSi. The predicted molar refractivity (Wildman–Crippen MR) is 102 cm³/mol. The van der Waals surface area contributed by atoms with Crippen LogP contribution in [0.4, 0.5) is 0 Å². The molecule has 3 heteroatoms. The first-order valence-corrected chi connectivity index (χ1v) is 12.6. The van der Waals surface area contributed by atoms with Crippen molar-refractivity contribution in [3.8, 4) is 0 Å². The van der Waals surface area contributed by atoms with Gasteiger partial charge in [0.1, 0.15) is 5.78 Å². The van der Waals surface area contributed by atoms with Crippen molar-refractivity contribution >= 4 is 25.6 Å². The molecule has 3 atom stereocenters. The molecule has 2 aliphatic carbocycles. The van der Waals surface area contributed by atoms with Gasteiger partial charge in [0.15, 0.2) is 0 Å². The molecule has 2 bridgehead atoms. The van der Waals surface area contributed by atoms with E-state index in [4.69, 9.17) is 0 Å². The topological polar surface area (TPSA) is 17.1 Å². The molecule has 0 aliphatic heterocycles. The Balaban J connectivity index is 2.63. The van der Waals surface area contributed by atoms with E-state index >= 15 is 0 Å². The Kier molecular flexibility index (Phi) is 4.41. The molecule has 0 spiro atoms. The zero-order chi connectivity index (χ0) is 17.1. The van der Waals surface area contributed by atoms with E-state index in [1.165, 1.54) is 10.5 Å². The molecule has 22 heavy (non-hydrogen) atoms. The lowest BCUT2D eigenvalue weighted by atomic mass is 9.68. The highest BCUT2D eigenvalue weighted by Gasteiger charge is 2.59. The van der Waals surface area contributed by atoms with Gasteiger partial charge in [0.05, 0.1) is 13.5 Å². The molecule has 124 valence electrons. The first kappa shape index (κ1) is 18.1. The first-order valence-electron chi connectivity index (χ1n) is 8.36. The van der Waals surface area contributed by atoms with Crippen LogP contribution < -0.4 is 0 Å². The van der Waals surface area contributed by atoms with Crippen molar-refractivity contribution in [2.45, 2.75) is 65.6 Å². The van der Waals surface area contributed by atoms with Gasteiger partial charge < -0.3 is 0 Å². The van der Waals surface area contributed by atoms with E-state index in [1.807, 2.05) is 11.8 Å². The summed E-state index contributed by atoms with van der Waals surface area (Å²) in [6.07, 6.45) is 4.12. The number of allylic oxidation sites excluding steroid dienone is 3. The smallest absolute Gasteiger partial charge is 0.150 e. The molecule has 0 aromatic rings. The van der Waals surface area contributed by atoms with Gasteiger partial charge in [0, 0.05) is 5.92 Å². The molecule has 1 nitrogen and oxygen atoms in total. The summed E-state index contributed by atoms with van der Waals surface area (Å²) in [5.74, 6) is 1.15. The standard InChI is InChI=1S/C19H32OSSi/c1-12(2)13-10-14-15(22(8,9)18(3,4)5)17(21-7)19(6,11-13)16(14)20/h13-14H,1,10-11H2,2-9H3/t13-,14+,19+/m1/s1. The highest BCUT2D eigenvalue weighted by molar-refractivity contribution is 8.02. The van der Waals surface area contributed by atoms with E-state index in [0.717, 1.165) is 12.8 Å². The number of fused-ring (bicyclic) bond motifs is 2. The van der Waals surface area contributed by atoms with Crippen LogP contribution in [0.25, 0.3) is 0 Å². The van der Waals surface area contributed by atoms with Gasteiger partial charge in [-0.1, -0.05) is 51.2 Å². The molecule has 2 aliphatic rings. The Labute approximate surface area is 142 Å². The molecule has 1 saturated carbocycles. The van der Waals surface area contributed by atoms with Gasteiger partial charge in [-0.15, -0.1) is 11.8 Å². The minimum absolute atomic E-state index is 0.156. The van der Waals surface area contributed by atoms with Crippen molar-refractivity contribution in [3.63, 3.8) is 0 Å². The van der Waals surface area contributed by atoms with E-state index < -0.39 is 8.07 Å². The average molecular weight is 337 g/mol. The quantitative estimate of drug-likeness (QED) is 0.475. The Hall–Kier alpha value is -0.283. The van der Waals surface area contributed by atoms with Crippen LogP contribution >= 0.6 is 11.8 Å². The van der Waals surface area contributed by atoms with Crippen LogP contribution in [0.1, 0.15) is 47.5 Å². The van der Waals surface area contributed by atoms with E-state index in [9.17, 15) is 4.79 Å². The van der Waals surface area contributed by atoms with Crippen LogP contribution in [-0.4, -0.2) is 20.1 Å². The normalized spacial score (nSPS) is 32.6. The van der Waals surface area contributed by atoms with Gasteiger partial charge in [-0.25, -0.2) is 0 Å². The Morgan fingerprint density at radius 3 is 2.32 bits per heavy atom. The van der Waals surface area contributed by atoms with Gasteiger partial charge >= 0.3 is 0 Å². The van der Waals surface area contributed by atoms with Gasteiger partial charge in [0.2, 0.25) is 0 Å². The summed E-state index contributed by atoms with van der Waals surface area (Å²) in [5, 5.41) is 1.83. The number of ketones is 1. The van der Waals surface area contributed by atoms with Crippen LogP contribution in [0, 0.1) is 17.3 Å². The highest BCUT2D eigenvalue weighted by Crippen LogP contribution is 2.62. The van der Waals surface area contributed by atoms with Crippen molar-refractivity contribution in [2.24, 2.45) is 17.3 Å². The minimum atomic E-state index is -1.69. The maximum absolute atomic E-state index is 13.2. The van der Waals surface area contributed by atoms with E-state index in [1.54, 1.807) is 5.20 Å². The molecule has 0 aromatic heterocycles. The summed E-state index contributed by atoms with van der Waals surface area (Å²) >= 11 is 1.84. The van der Waals surface area contributed by atoms with Crippen LogP contribution in [0.2, 0.25) is 18.1 Å².